The predicted molar refractivity (Wildman–Crippen MR) is 116 cm³/mol. The van der Waals surface area contributed by atoms with Gasteiger partial charge in [-0.05, 0) is 50.2 Å². The van der Waals surface area contributed by atoms with Crippen molar-refractivity contribution in [3.8, 4) is 0 Å². The first-order valence-electron chi connectivity index (χ1n) is 8.97. The smallest absolute Gasteiger partial charge is 0.400 e. The van der Waals surface area contributed by atoms with E-state index in [9.17, 15) is 4.79 Å². The number of carbonyl (C=O) groups excluding carboxylic acids is 1. The largest absolute Gasteiger partial charge is 0.491 e. The van der Waals surface area contributed by atoms with Crippen molar-refractivity contribution >= 4 is 52.4 Å². The van der Waals surface area contributed by atoms with Crippen molar-refractivity contribution < 1.29 is 14.1 Å². The molecular formula is C21H24BClO3S. The highest BCUT2D eigenvalue weighted by atomic mass is 35.5. The average Bonchev–Trinajstić information content (AvgIpc) is 2.79. The quantitative estimate of drug-likeness (QED) is 0.607. The second kappa shape index (κ2) is 7.63. The Kier molecular flexibility index (Phi) is 5.78. The van der Waals surface area contributed by atoms with E-state index in [0.717, 1.165) is 21.8 Å². The van der Waals surface area contributed by atoms with Crippen molar-refractivity contribution in [2.45, 2.75) is 45.8 Å². The van der Waals surface area contributed by atoms with E-state index in [-0.39, 0.29) is 5.12 Å². The summed E-state index contributed by atoms with van der Waals surface area (Å²) >= 11 is 7.73. The molecule has 2 aromatic rings. The third-order valence-electron chi connectivity index (χ3n) is 5.23. The first-order chi connectivity index (χ1) is 12.6. The van der Waals surface area contributed by atoms with Crippen LogP contribution in [0.2, 0.25) is 5.02 Å². The maximum atomic E-state index is 11.6. The van der Waals surface area contributed by atoms with Crippen LogP contribution in [0.25, 0.3) is 16.8 Å². The van der Waals surface area contributed by atoms with Crippen LogP contribution in [0.1, 0.15) is 40.2 Å². The Morgan fingerprint density at radius 2 is 1.70 bits per heavy atom. The third kappa shape index (κ3) is 4.27. The zero-order valence-corrected chi connectivity index (χ0v) is 17.9. The number of hydrogen-bond acceptors (Lipinski definition) is 4. The number of benzene rings is 2. The van der Waals surface area contributed by atoms with Crippen LogP contribution in [-0.4, -0.2) is 29.2 Å². The first-order valence-corrected chi connectivity index (χ1v) is 10.3. The van der Waals surface area contributed by atoms with Gasteiger partial charge in [-0.25, -0.2) is 0 Å². The first kappa shape index (κ1) is 20.5. The minimum Gasteiger partial charge on any atom is -0.400 e. The molecule has 3 rings (SSSR count). The van der Waals surface area contributed by atoms with E-state index in [1.165, 1.54) is 11.8 Å². The third-order valence-corrected chi connectivity index (χ3v) is 6.42. The molecule has 0 atom stereocenters. The van der Waals surface area contributed by atoms with Crippen LogP contribution >= 0.6 is 23.4 Å². The fraction of sp³-hybridized carbons (Fsp3) is 0.381. The van der Waals surface area contributed by atoms with Crippen LogP contribution in [0.15, 0.2) is 41.9 Å². The van der Waals surface area contributed by atoms with Crippen LogP contribution in [0.3, 0.4) is 0 Å². The molecule has 1 aliphatic heterocycles. The normalized spacial score (nSPS) is 18.9. The van der Waals surface area contributed by atoms with Gasteiger partial charge < -0.3 is 9.31 Å². The number of thioether (sulfide) groups is 1. The van der Waals surface area contributed by atoms with E-state index in [1.54, 1.807) is 6.92 Å². The molecule has 0 amide bonds. The Morgan fingerprint density at radius 1 is 1.11 bits per heavy atom. The van der Waals surface area contributed by atoms with Crippen molar-refractivity contribution in [2.24, 2.45) is 0 Å². The van der Waals surface area contributed by atoms with Crippen LogP contribution in [0.4, 0.5) is 0 Å². The lowest BCUT2D eigenvalue weighted by Gasteiger charge is -2.32. The molecule has 0 saturated carbocycles. The molecule has 0 aromatic heterocycles. The van der Waals surface area contributed by atoms with Crippen LogP contribution in [0.5, 0.6) is 0 Å². The molecule has 6 heteroatoms. The molecule has 0 radical (unpaired) electrons. The lowest BCUT2D eigenvalue weighted by atomic mass is 9.78. The summed E-state index contributed by atoms with van der Waals surface area (Å²) in [6.45, 7) is 9.67. The van der Waals surface area contributed by atoms with Crippen LogP contribution in [-0.2, 0) is 14.1 Å². The van der Waals surface area contributed by atoms with Gasteiger partial charge in [0.05, 0.1) is 11.2 Å². The van der Waals surface area contributed by atoms with E-state index in [0.29, 0.717) is 10.8 Å². The molecule has 0 aliphatic carbocycles. The molecule has 27 heavy (non-hydrogen) atoms. The average molecular weight is 403 g/mol. The van der Waals surface area contributed by atoms with Gasteiger partial charge in [0.1, 0.15) is 0 Å². The molecule has 0 unspecified atom stereocenters. The Morgan fingerprint density at radius 3 is 2.30 bits per heavy atom. The molecule has 1 fully saturated rings. The molecule has 142 valence electrons. The van der Waals surface area contributed by atoms with Gasteiger partial charge in [0.15, 0.2) is 5.12 Å². The van der Waals surface area contributed by atoms with Gasteiger partial charge in [0.2, 0.25) is 0 Å². The van der Waals surface area contributed by atoms with Crippen LogP contribution < -0.4 is 0 Å². The fourth-order valence-corrected chi connectivity index (χ4v) is 3.88. The predicted octanol–water partition coefficient (Wildman–Crippen LogP) is 5.79. The van der Waals surface area contributed by atoms with Crippen molar-refractivity contribution in [3.63, 3.8) is 0 Å². The van der Waals surface area contributed by atoms with E-state index < -0.39 is 18.3 Å². The minimum atomic E-state index is -0.500. The van der Waals surface area contributed by atoms with Gasteiger partial charge >= 0.3 is 7.12 Å². The van der Waals surface area contributed by atoms with Crippen molar-refractivity contribution in [2.75, 3.05) is 5.75 Å². The maximum Gasteiger partial charge on any atom is 0.491 e. The number of hydrogen-bond donors (Lipinski definition) is 0. The van der Waals surface area contributed by atoms with E-state index in [2.05, 4.69) is 0 Å². The summed E-state index contributed by atoms with van der Waals surface area (Å²) in [5.41, 5.74) is 1.04. The molecule has 1 aliphatic rings. The second-order valence-electron chi connectivity index (χ2n) is 7.77. The summed E-state index contributed by atoms with van der Waals surface area (Å²) < 4.78 is 12.4. The summed E-state index contributed by atoms with van der Waals surface area (Å²) in [5.74, 6) is 0.507. The zero-order valence-electron chi connectivity index (χ0n) is 16.3. The minimum absolute atomic E-state index is 0.0633. The van der Waals surface area contributed by atoms with E-state index >= 15 is 0 Å². The maximum absolute atomic E-state index is 11.6. The van der Waals surface area contributed by atoms with Gasteiger partial charge in [-0.15, -0.1) is 0 Å². The summed E-state index contributed by atoms with van der Waals surface area (Å²) in [7, 11) is -0.500. The Bertz CT molecular complexity index is 886. The molecule has 0 N–H and O–H groups in total. The molecule has 1 heterocycles. The Balaban J connectivity index is 2.06. The number of rotatable bonds is 4. The lowest BCUT2D eigenvalue weighted by Crippen LogP contribution is -2.41. The highest BCUT2D eigenvalue weighted by Gasteiger charge is 2.52. The number of halogens is 1. The van der Waals surface area contributed by atoms with Gasteiger partial charge in [-0.3, -0.25) is 4.79 Å². The lowest BCUT2D eigenvalue weighted by molar-refractivity contribution is -0.109. The summed E-state index contributed by atoms with van der Waals surface area (Å²) in [4.78, 5) is 11.6. The van der Waals surface area contributed by atoms with Crippen molar-refractivity contribution in [1.29, 1.82) is 0 Å². The van der Waals surface area contributed by atoms with E-state index in [4.69, 9.17) is 20.9 Å². The topological polar surface area (TPSA) is 35.5 Å². The Hall–Kier alpha value is -1.27. The number of carbonyl (C=O) groups is 1. The standard InChI is InChI=1S/C21H24BClO3S/c1-14(24)27-13-17(22-25-20(2,3)21(4,5)26-22)12-16-10-6-8-15-9-7-11-18(23)19(15)16/h6-12H,13H2,1-5H3. The summed E-state index contributed by atoms with van der Waals surface area (Å²) in [5, 5.41) is 2.83. The highest BCUT2D eigenvalue weighted by molar-refractivity contribution is 8.13. The number of fused-ring (bicyclic) bond motifs is 1. The second-order valence-corrected chi connectivity index (χ2v) is 9.33. The molecule has 0 spiro atoms. The fourth-order valence-electron chi connectivity index (χ4n) is 3.00. The zero-order chi connectivity index (χ0) is 19.8. The molecule has 1 saturated heterocycles. The Labute approximate surface area is 170 Å². The summed E-state index contributed by atoms with van der Waals surface area (Å²) in [6.07, 6.45) is 2.05. The van der Waals surface area contributed by atoms with Crippen molar-refractivity contribution in [3.05, 3.63) is 52.5 Å². The van der Waals surface area contributed by atoms with Gasteiger partial charge in [-0.1, -0.05) is 59.8 Å². The van der Waals surface area contributed by atoms with Gasteiger partial charge in [0, 0.05) is 23.1 Å². The molecule has 3 nitrogen and oxygen atoms in total. The van der Waals surface area contributed by atoms with Gasteiger partial charge in [0.25, 0.3) is 0 Å². The van der Waals surface area contributed by atoms with Gasteiger partial charge in [-0.2, -0.15) is 0 Å². The monoisotopic (exact) mass is 402 g/mol. The molecule has 0 bridgehead atoms. The van der Waals surface area contributed by atoms with E-state index in [1.807, 2.05) is 70.2 Å². The van der Waals surface area contributed by atoms with Crippen LogP contribution in [0, 0.1) is 0 Å². The SMILES string of the molecule is CC(=O)SCC(=Cc1cccc2cccc(Cl)c12)B1OC(C)(C)C(C)(C)O1. The van der Waals surface area contributed by atoms with Crippen molar-refractivity contribution in [1.82, 2.24) is 0 Å². The molecular weight excluding hydrogens is 379 g/mol. The highest BCUT2D eigenvalue weighted by Crippen LogP contribution is 2.40. The summed E-state index contributed by atoms with van der Waals surface area (Å²) in [6, 6.07) is 11.9. The molecule has 2 aromatic carbocycles.